The van der Waals surface area contributed by atoms with Crippen molar-refractivity contribution in [1.29, 1.82) is 0 Å². The number of carbonyl (C=O) groups is 1. The molecule has 1 N–H and O–H groups in total. The molecule has 0 aliphatic carbocycles. The lowest BCUT2D eigenvalue weighted by molar-refractivity contribution is -0.116. The molecular formula is C12H10N4OS2. The molecule has 19 heavy (non-hydrogen) atoms. The summed E-state index contributed by atoms with van der Waals surface area (Å²) in [5.41, 5.74) is 2.23. The Morgan fingerprint density at radius 3 is 2.74 bits per heavy atom. The molecule has 0 saturated carbocycles. The standard InChI is InChI=1S/C12H10N4OS2/c1-7-2-4-8(5-3-7)10-15-16-12(19-10)14-11-13-9(17)6-18-11/h2-5H,6H2,1H3,(H,13,14,16,17). The number of benzene rings is 1. The first-order valence-corrected chi connectivity index (χ1v) is 7.43. The Hall–Kier alpha value is -1.73. The summed E-state index contributed by atoms with van der Waals surface area (Å²) >= 11 is 2.79. The summed E-state index contributed by atoms with van der Waals surface area (Å²) in [6.45, 7) is 2.04. The van der Waals surface area contributed by atoms with E-state index in [4.69, 9.17) is 0 Å². The fourth-order valence-corrected chi connectivity index (χ4v) is 3.01. The highest BCUT2D eigenvalue weighted by Gasteiger charge is 2.17. The maximum absolute atomic E-state index is 11.1. The zero-order chi connectivity index (χ0) is 13.2. The van der Waals surface area contributed by atoms with Gasteiger partial charge in [-0.05, 0) is 6.92 Å². The van der Waals surface area contributed by atoms with Gasteiger partial charge in [-0.15, -0.1) is 10.2 Å². The zero-order valence-corrected chi connectivity index (χ0v) is 11.7. The number of aromatic nitrogens is 2. The largest absolute Gasteiger partial charge is 0.304 e. The fourth-order valence-electron chi connectivity index (χ4n) is 1.55. The average Bonchev–Trinajstić information content (AvgIpc) is 3.00. The summed E-state index contributed by atoms with van der Waals surface area (Å²) in [6, 6.07) is 8.10. The highest BCUT2D eigenvalue weighted by molar-refractivity contribution is 8.15. The number of thioether (sulfide) groups is 1. The Bertz CT molecular complexity index is 648. The van der Waals surface area contributed by atoms with Gasteiger partial charge in [0.15, 0.2) is 5.17 Å². The van der Waals surface area contributed by atoms with Crippen molar-refractivity contribution in [3.63, 3.8) is 0 Å². The number of nitrogens with one attached hydrogen (secondary N) is 1. The molecule has 1 aliphatic heterocycles. The number of rotatable bonds is 2. The van der Waals surface area contributed by atoms with Gasteiger partial charge in [-0.3, -0.25) is 4.79 Å². The van der Waals surface area contributed by atoms with Gasteiger partial charge in [0, 0.05) is 5.56 Å². The minimum atomic E-state index is -0.0213. The van der Waals surface area contributed by atoms with Crippen molar-refractivity contribution < 1.29 is 4.79 Å². The number of aryl methyl sites for hydroxylation is 1. The predicted molar refractivity (Wildman–Crippen MR) is 77.8 cm³/mol. The minimum absolute atomic E-state index is 0.0213. The maximum Gasteiger partial charge on any atom is 0.236 e. The minimum Gasteiger partial charge on any atom is -0.304 e. The van der Waals surface area contributed by atoms with Crippen LogP contribution in [0.5, 0.6) is 0 Å². The molecule has 1 amide bonds. The van der Waals surface area contributed by atoms with E-state index < -0.39 is 0 Å². The molecule has 2 aromatic rings. The van der Waals surface area contributed by atoms with Gasteiger partial charge in [-0.1, -0.05) is 52.9 Å². The van der Waals surface area contributed by atoms with Gasteiger partial charge in [-0.25, -0.2) is 0 Å². The smallest absolute Gasteiger partial charge is 0.236 e. The van der Waals surface area contributed by atoms with Crippen LogP contribution in [0.3, 0.4) is 0 Å². The fraction of sp³-hybridized carbons (Fsp3) is 0.167. The zero-order valence-electron chi connectivity index (χ0n) is 10.1. The van der Waals surface area contributed by atoms with Gasteiger partial charge in [-0.2, -0.15) is 4.99 Å². The van der Waals surface area contributed by atoms with E-state index in [0.29, 0.717) is 16.1 Å². The molecule has 3 rings (SSSR count). The van der Waals surface area contributed by atoms with E-state index in [1.54, 1.807) is 0 Å². The van der Waals surface area contributed by atoms with E-state index in [1.165, 1.54) is 28.7 Å². The van der Waals surface area contributed by atoms with Crippen LogP contribution in [0.1, 0.15) is 5.56 Å². The molecule has 0 radical (unpaired) electrons. The first kappa shape index (κ1) is 12.3. The highest BCUT2D eigenvalue weighted by atomic mass is 32.2. The third-order valence-electron chi connectivity index (χ3n) is 2.50. The van der Waals surface area contributed by atoms with E-state index in [2.05, 4.69) is 20.5 Å². The molecule has 1 aromatic carbocycles. The van der Waals surface area contributed by atoms with Crippen molar-refractivity contribution in [3.8, 4) is 10.6 Å². The summed E-state index contributed by atoms with van der Waals surface area (Å²) < 4.78 is 0. The second kappa shape index (κ2) is 5.10. The quantitative estimate of drug-likeness (QED) is 0.922. The van der Waals surface area contributed by atoms with Crippen LogP contribution in [-0.2, 0) is 4.79 Å². The summed E-state index contributed by atoms with van der Waals surface area (Å²) in [4.78, 5) is 15.3. The van der Waals surface area contributed by atoms with Crippen molar-refractivity contribution in [2.45, 2.75) is 6.92 Å². The monoisotopic (exact) mass is 290 g/mol. The lowest BCUT2D eigenvalue weighted by Gasteiger charge is -1.95. The van der Waals surface area contributed by atoms with Crippen molar-refractivity contribution >= 4 is 39.3 Å². The summed E-state index contributed by atoms with van der Waals surface area (Å²) in [5, 5.41) is 12.8. The van der Waals surface area contributed by atoms with E-state index >= 15 is 0 Å². The first-order chi connectivity index (χ1) is 9.20. The Kier molecular flexibility index (Phi) is 3.31. The SMILES string of the molecule is Cc1ccc(-c2nnc(N=C3NC(=O)CS3)s2)cc1. The van der Waals surface area contributed by atoms with Crippen LogP contribution >= 0.6 is 23.1 Å². The third-order valence-corrected chi connectivity index (χ3v) is 4.24. The van der Waals surface area contributed by atoms with E-state index in [1.807, 2.05) is 31.2 Å². The summed E-state index contributed by atoms with van der Waals surface area (Å²) in [6.07, 6.45) is 0. The summed E-state index contributed by atoms with van der Waals surface area (Å²) in [7, 11) is 0. The van der Waals surface area contributed by atoms with Crippen LogP contribution in [0.2, 0.25) is 0 Å². The van der Waals surface area contributed by atoms with Crippen LogP contribution in [0.15, 0.2) is 29.3 Å². The molecule has 1 fully saturated rings. The van der Waals surface area contributed by atoms with Crippen LogP contribution < -0.4 is 5.32 Å². The number of amides is 1. The molecule has 5 nitrogen and oxygen atoms in total. The van der Waals surface area contributed by atoms with Gasteiger partial charge in [0.25, 0.3) is 0 Å². The summed E-state index contributed by atoms with van der Waals surface area (Å²) in [5.74, 6) is 0.398. The Labute approximate surface area is 118 Å². The number of hydrogen-bond donors (Lipinski definition) is 1. The molecule has 0 unspecified atom stereocenters. The predicted octanol–water partition coefficient (Wildman–Crippen LogP) is 2.36. The molecule has 0 bridgehead atoms. The highest BCUT2D eigenvalue weighted by Crippen LogP contribution is 2.29. The number of carbonyl (C=O) groups excluding carboxylic acids is 1. The lowest BCUT2D eigenvalue weighted by Crippen LogP contribution is -2.19. The molecule has 2 heterocycles. The van der Waals surface area contributed by atoms with Gasteiger partial charge >= 0.3 is 0 Å². The number of nitrogens with zero attached hydrogens (tertiary/aromatic N) is 3. The van der Waals surface area contributed by atoms with Crippen molar-refractivity contribution in [2.24, 2.45) is 4.99 Å². The second-order valence-corrected chi connectivity index (χ2v) is 5.93. The Morgan fingerprint density at radius 2 is 2.05 bits per heavy atom. The van der Waals surface area contributed by atoms with E-state index in [0.717, 1.165) is 10.6 Å². The molecule has 0 spiro atoms. The molecule has 96 valence electrons. The Balaban J connectivity index is 1.83. The normalized spacial score (nSPS) is 16.9. The molecule has 1 aliphatic rings. The lowest BCUT2D eigenvalue weighted by atomic mass is 10.2. The van der Waals surface area contributed by atoms with E-state index in [9.17, 15) is 4.79 Å². The second-order valence-electron chi connectivity index (χ2n) is 4.01. The molecule has 0 atom stereocenters. The van der Waals surface area contributed by atoms with Crippen LogP contribution in [0.4, 0.5) is 5.13 Å². The van der Waals surface area contributed by atoms with Gasteiger partial charge in [0.2, 0.25) is 11.0 Å². The maximum atomic E-state index is 11.1. The number of amidine groups is 1. The molecule has 7 heteroatoms. The van der Waals surface area contributed by atoms with Crippen LogP contribution in [-0.4, -0.2) is 27.0 Å². The number of hydrogen-bond acceptors (Lipinski definition) is 6. The van der Waals surface area contributed by atoms with Crippen LogP contribution in [0.25, 0.3) is 10.6 Å². The molecule has 1 saturated heterocycles. The Morgan fingerprint density at radius 1 is 1.26 bits per heavy atom. The number of aliphatic imine (C=N–C) groups is 1. The topological polar surface area (TPSA) is 67.2 Å². The van der Waals surface area contributed by atoms with Gasteiger partial charge in [0.1, 0.15) is 5.01 Å². The van der Waals surface area contributed by atoms with Gasteiger partial charge < -0.3 is 5.32 Å². The van der Waals surface area contributed by atoms with Gasteiger partial charge in [0.05, 0.1) is 5.75 Å². The van der Waals surface area contributed by atoms with Crippen molar-refractivity contribution in [2.75, 3.05) is 5.75 Å². The molecule has 1 aromatic heterocycles. The first-order valence-electron chi connectivity index (χ1n) is 5.62. The van der Waals surface area contributed by atoms with E-state index in [-0.39, 0.29) is 5.91 Å². The average molecular weight is 290 g/mol. The van der Waals surface area contributed by atoms with Crippen LogP contribution in [0, 0.1) is 6.92 Å². The van der Waals surface area contributed by atoms with Crippen molar-refractivity contribution in [1.82, 2.24) is 15.5 Å². The van der Waals surface area contributed by atoms with Crippen molar-refractivity contribution in [3.05, 3.63) is 29.8 Å². The third kappa shape index (κ3) is 2.82. The molecular weight excluding hydrogens is 280 g/mol.